The lowest BCUT2D eigenvalue weighted by molar-refractivity contribution is 0.395. The number of hydrogen-bond acceptors (Lipinski definition) is 6. The standard InChI is InChI=1S/C13H12ClN5O2/c1-20-7-3-4-9(10(5-7)21-2)16-11-8-6-15-19-12(8)18-13(14)17-11/h3-6H,1-2H3,(H2,15,16,17,18,19). The molecule has 0 amide bonds. The predicted molar refractivity (Wildman–Crippen MR) is 79.5 cm³/mol. The summed E-state index contributed by atoms with van der Waals surface area (Å²) >= 11 is 5.91. The van der Waals surface area contributed by atoms with Gasteiger partial charge in [-0.2, -0.15) is 15.1 Å². The molecule has 3 aromatic rings. The summed E-state index contributed by atoms with van der Waals surface area (Å²) in [5, 5.41) is 10.7. The zero-order valence-corrected chi connectivity index (χ0v) is 12.1. The van der Waals surface area contributed by atoms with Crippen LogP contribution in [0.5, 0.6) is 11.5 Å². The number of hydrogen-bond donors (Lipinski definition) is 2. The highest BCUT2D eigenvalue weighted by atomic mass is 35.5. The summed E-state index contributed by atoms with van der Waals surface area (Å²) in [5.41, 5.74) is 1.29. The van der Waals surface area contributed by atoms with Gasteiger partial charge in [0.15, 0.2) is 5.65 Å². The van der Waals surface area contributed by atoms with Gasteiger partial charge in [-0.05, 0) is 23.7 Å². The van der Waals surface area contributed by atoms with Crippen molar-refractivity contribution in [3.05, 3.63) is 29.7 Å². The summed E-state index contributed by atoms with van der Waals surface area (Å²) in [5.74, 6) is 1.87. The summed E-state index contributed by atoms with van der Waals surface area (Å²) in [6.45, 7) is 0. The molecule has 0 aliphatic heterocycles. The van der Waals surface area contributed by atoms with Crippen molar-refractivity contribution >= 4 is 34.1 Å². The molecule has 0 aliphatic rings. The molecule has 0 bridgehead atoms. The molecule has 0 aliphatic carbocycles. The maximum atomic E-state index is 5.91. The molecule has 8 heteroatoms. The van der Waals surface area contributed by atoms with E-state index in [1.54, 1.807) is 26.5 Å². The number of rotatable bonds is 4. The van der Waals surface area contributed by atoms with E-state index in [-0.39, 0.29) is 5.28 Å². The Kier molecular flexibility index (Phi) is 3.49. The first-order valence-corrected chi connectivity index (χ1v) is 6.44. The van der Waals surface area contributed by atoms with E-state index < -0.39 is 0 Å². The average molecular weight is 306 g/mol. The Morgan fingerprint density at radius 2 is 2.05 bits per heavy atom. The van der Waals surface area contributed by atoms with Crippen LogP contribution in [0.25, 0.3) is 11.0 Å². The van der Waals surface area contributed by atoms with Crippen molar-refractivity contribution in [3.8, 4) is 11.5 Å². The third-order valence-electron chi connectivity index (χ3n) is 2.94. The minimum absolute atomic E-state index is 0.127. The molecule has 2 N–H and O–H groups in total. The van der Waals surface area contributed by atoms with Crippen molar-refractivity contribution in [2.45, 2.75) is 0 Å². The summed E-state index contributed by atoms with van der Waals surface area (Å²) in [4.78, 5) is 8.24. The van der Waals surface area contributed by atoms with E-state index in [0.717, 1.165) is 11.1 Å². The molecule has 2 aromatic heterocycles. The highest BCUT2D eigenvalue weighted by Crippen LogP contribution is 2.32. The van der Waals surface area contributed by atoms with Gasteiger partial charge in [-0.3, -0.25) is 5.10 Å². The van der Waals surface area contributed by atoms with Gasteiger partial charge in [0.2, 0.25) is 5.28 Å². The van der Waals surface area contributed by atoms with Crippen LogP contribution in [0, 0.1) is 0 Å². The number of aromatic amines is 1. The van der Waals surface area contributed by atoms with Crippen LogP contribution in [-0.4, -0.2) is 34.4 Å². The minimum Gasteiger partial charge on any atom is -0.497 e. The van der Waals surface area contributed by atoms with Crippen molar-refractivity contribution < 1.29 is 9.47 Å². The molecule has 21 heavy (non-hydrogen) atoms. The largest absolute Gasteiger partial charge is 0.497 e. The normalized spacial score (nSPS) is 10.6. The van der Waals surface area contributed by atoms with Gasteiger partial charge in [0.05, 0.1) is 31.5 Å². The number of H-pyrrole nitrogens is 1. The predicted octanol–water partition coefficient (Wildman–Crippen LogP) is 2.77. The van der Waals surface area contributed by atoms with Crippen molar-refractivity contribution in [1.29, 1.82) is 0 Å². The maximum absolute atomic E-state index is 5.91. The molecular formula is C13H12ClN5O2. The second kappa shape index (κ2) is 5.45. The Labute approximate surface area is 125 Å². The number of aromatic nitrogens is 4. The summed E-state index contributed by atoms with van der Waals surface area (Å²) in [6, 6.07) is 5.43. The lowest BCUT2D eigenvalue weighted by Gasteiger charge is -2.12. The van der Waals surface area contributed by atoms with Gasteiger partial charge in [0, 0.05) is 6.07 Å². The van der Waals surface area contributed by atoms with Crippen LogP contribution >= 0.6 is 11.6 Å². The van der Waals surface area contributed by atoms with Gasteiger partial charge in [-0.15, -0.1) is 0 Å². The Balaban J connectivity index is 2.04. The van der Waals surface area contributed by atoms with Crippen molar-refractivity contribution in [3.63, 3.8) is 0 Å². The molecule has 108 valence electrons. The van der Waals surface area contributed by atoms with Crippen molar-refractivity contribution in [2.24, 2.45) is 0 Å². The average Bonchev–Trinajstić information content (AvgIpc) is 2.96. The Bertz CT molecular complexity index is 789. The molecule has 2 heterocycles. The molecule has 0 unspecified atom stereocenters. The summed E-state index contributed by atoms with van der Waals surface area (Å²) < 4.78 is 10.5. The molecule has 0 atom stereocenters. The number of ether oxygens (including phenoxy) is 2. The number of nitrogens with one attached hydrogen (secondary N) is 2. The van der Waals surface area contributed by atoms with Gasteiger partial charge in [-0.1, -0.05) is 0 Å². The fraction of sp³-hybridized carbons (Fsp3) is 0.154. The van der Waals surface area contributed by atoms with Crippen LogP contribution < -0.4 is 14.8 Å². The molecule has 7 nitrogen and oxygen atoms in total. The first-order chi connectivity index (χ1) is 10.2. The molecular weight excluding hydrogens is 294 g/mol. The van der Waals surface area contributed by atoms with E-state index in [4.69, 9.17) is 21.1 Å². The Morgan fingerprint density at radius 3 is 2.81 bits per heavy atom. The van der Waals surface area contributed by atoms with Crippen LogP contribution in [0.1, 0.15) is 0 Å². The number of methoxy groups -OCH3 is 2. The minimum atomic E-state index is 0.127. The topological polar surface area (TPSA) is 85.0 Å². The van der Waals surface area contributed by atoms with Crippen LogP contribution in [0.4, 0.5) is 11.5 Å². The third kappa shape index (κ3) is 2.55. The van der Waals surface area contributed by atoms with E-state index >= 15 is 0 Å². The van der Waals surface area contributed by atoms with Gasteiger partial charge < -0.3 is 14.8 Å². The van der Waals surface area contributed by atoms with E-state index in [9.17, 15) is 0 Å². The lowest BCUT2D eigenvalue weighted by Crippen LogP contribution is -1.99. The molecule has 3 rings (SSSR count). The maximum Gasteiger partial charge on any atom is 0.226 e. The number of halogens is 1. The highest BCUT2D eigenvalue weighted by Gasteiger charge is 2.11. The number of fused-ring (bicyclic) bond motifs is 1. The van der Waals surface area contributed by atoms with E-state index in [2.05, 4.69) is 25.5 Å². The van der Waals surface area contributed by atoms with Gasteiger partial charge in [-0.25, -0.2) is 0 Å². The monoisotopic (exact) mass is 305 g/mol. The van der Waals surface area contributed by atoms with E-state index in [0.29, 0.717) is 23.0 Å². The fourth-order valence-corrected chi connectivity index (χ4v) is 2.10. The van der Waals surface area contributed by atoms with Crippen LogP contribution in [0.3, 0.4) is 0 Å². The lowest BCUT2D eigenvalue weighted by atomic mass is 10.2. The van der Waals surface area contributed by atoms with Gasteiger partial charge >= 0.3 is 0 Å². The van der Waals surface area contributed by atoms with E-state index in [1.807, 2.05) is 12.1 Å². The molecule has 0 saturated carbocycles. The molecule has 0 radical (unpaired) electrons. The highest BCUT2D eigenvalue weighted by molar-refractivity contribution is 6.28. The van der Waals surface area contributed by atoms with Gasteiger partial charge in [0.1, 0.15) is 17.3 Å². The number of anilines is 2. The second-order valence-corrected chi connectivity index (χ2v) is 4.50. The van der Waals surface area contributed by atoms with Crippen LogP contribution in [-0.2, 0) is 0 Å². The molecule has 0 fully saturated rings. The zero-order valence-electron chi connectivity index (χ0n) is 11.3. The van der Waals surface area contributed by atoms with Crippen molar-refractivity contribution in [1.82, 2.24) is 20.2 Å². The summed E-state index contributed by atoms with van der Waals surface area (Å²) in [7, 11) is 3.18. The molecule has 0 spiro atoms. The first kappa shape index (κ1) is 13.4. The van der Waals surface area contributed by atoms with Crippen LogP contribution in [0.15, 0.2) is 24.4 Å². The van der Waals surface area contributed by atoms with Gasteiger partial charge in [0.25, 0.3) is 0 Å². The molecule has 0 saturated heterocycles. The fourth-order valence-electron chi connectivity index (χ4n) is 1.93. The Hall–Kier alpha value is -2.54. The zero-order chi connectivity index (χ0) is 14.8. The third-order valence-corrected chi connectivity index (χ3v) is 3.11. The quantitative estimate of drug-likeness (QED) is 0.721. The Morgan fingerprint density at radius 1 is 1.19 bits per heavy atom. The summed E-state index contributed by atoms with van der Waals surface area (Å²) in [6.07, 6.45) is 1.63. The second-order valence-electron chi connectivity index (χ2n) is 4.16. The number of nitrogens with zero attached hydrogens (tertiary/aromatic N) is 3. The SMILES string of the molecule is COc1ccc(Nc2nc(Cl)nc3[nH]ncc23)c(OC)c1. The van der Waals surface area contributed by atoms with Crippen LogP contribution in [0.2, 0.25) is 5.28 Å². The molecule has 1 aromatic carbocycles. The van der Waals surface area contributed by atoms with E-state index in [1.165, 1.54) is 0 Å². The first-order valence-electron chi connectivity index (χ1n) is 6.07. The van der Waals surface area contributed by atoms with Crippen molar-refractivity contribution in [2.75, 3.05) is 19.5 Å². The number of benzene rings is 1. The smallest absolute Gasteiger partial charge is 0.226 e.